The Morgan fingerprint density at radius 3 is 2.52 bits per heavy atom. The Kier molecular flexibility index (Phi) is 8.56. The molecule has 21 heavy (non-hydrogen) atoms. The summed E-state index contributed by atoms with van der Waals surface area (Å²) in [5.41, 5.74) is 0.768. The lowest BCUT2D eigenvalue weighted by Gasteiger charge is -2.12. The van der Waals surface area contributed by atoms with Crippen LogP contribution in [0.2, 0.25) is 0 Å². The van der Waals surface area contributed by atoms with Gasteiger partial charge in [0.15, 0.2) is 5.11 Å². The van der Waals surface area contributed by atoms with Gasteiger partial charge in [0.2, 0.25) is 0 Å². The predicted octanol–water partition coefficient (Wildman–Crippen LogP) is 4.10. The molecule has 0 saturated heterocycles. The summed E-state index contributed by atoms with van der Waals surface area (Å²) in [5, 5.41) is 6.58. The third kappa shape index (κ3) is 8.85. The summed E-state index contributed by atoms with van der Waals surface area (Å²) in [7, 11) is 0. The number of thioether (sulfide) groups is 1. The molecule has 0 aliphatic heterocycles. The molecular weight excluding hydrogens is 314 g/mol. The van der Waals surface area contributed by atoms with E-state index in [4.69, 9.17) is 17.0 Å². The minimum absolute atomic E-state index is 0.236. The number of nitrogens with one attached hydrogen (secondary N) is 2. The molecule has 0 spiro atoms. The lowest BCUT2D eigenvalue weighted by atomic mass is 10.3. The van der Waals surface area contributed by atoms with Crippen LogP contribution in [0, 0.1) is 0 Å². The highest BCUT2D eigenvalue weighted by Crippen LogP contribution is 2.26. The second-order valence-corrected chi connectivity index (χ2v) is 6.03. The van der Waals surface area contributed by atoms with Crippen molar-refractivity contribution in [3.05, 3.63) is 24.3 Å². The first-order valence-corrected chi connectivity index (χ1v) is 7.97. The van der Waals surface area contributed by atoms with Crippen LogP contribution in [0.25, 0.3) is 0 Å². The van der Waals surface area contributed by atoms with E-state index in [1.165, 1.54) is 0 Å². The molecule has 0 radical (unpaired) electrons. The van der Waals surface area contributed by atoms with Gasteiger partial charge in [-0.25, -0.2) is 0 Å². The van der Waals surface area contributed by atoms with Gasteiger partial charge in [0.05, 0.1) is 6.10 Å². The number of anilines is 1. The van der Waals surface area contributed by atoms with Crippen LogP contribution in [-0.4, -0.2) is 30.1 Å². The van der Waals surface area contributed by atoms with Gasteiger partial charge in [-0.1, -0.05) is 11.8 Å². The molecule has 0 unspecified atom stereocenters. The van der Waals surface area contributed by atoms with Crippen LogP contribution in [0.3, 0.4) is 0 Å². The molecule has 0 heterocycles. The molecule has 118 valence electrons. The highest BCUT2D eigenvalue weighted by Gasteiger charge is 2.05. The molecule has 1 aromatic rings. The van der Waals surface area contributed by atoms with Crippen molar-refractivity contribution in [3.8, 4) is 0 Å². The molecule has 0 bridgehead atoms. The van der Waals surface area contributed by atoms with Gasteiger partial charge >= 0.3 is 0 Å². The maximum Gasteiger partial charge on any atom is 0.288 e. The average molecular weight is 334 g/mol. The minimum Gasteiger partial charge on any atom is -0.379 e. The maximum absolute atomic E-state index is 12.2. The molecule has 0 amide bonds. The molecule has 0 fully saturated rings. The van der Waals surface area contributed by atoms with E-state index in [-0.39, 0.29) is 6.10 Å². The van der Waals surface area contributed by atoms with Crippen molar-refractivity contribution in [2.75, 3.05) is 18.5 Å². The third-order valence-electron chi connectivity index (χ3n) is 2.40. The smallest absolute Gasteiger partial charge is 0.288 e. The summed E-state index contributed by atoms with van der Waals surface area (Å²) in [6.07, 6.45) is 1.10. The predicted molar refractivity (Wildman–Crippen MR) is 88.2 cm³/mol. The van der Waals surface area contributed by atoms with E-state index in [9.17, 15) is 8.78 Å². The number of rotatable bonds is 8. The average Bonchev–Trinajstić information content (AvgIpc) is 2.39. The highest BCUT2D eigenvalue weighted by atomic mass is 32.2. The quantitative estimate of drug-likeness (QED) is 0.425. The van der Waals surface area contributed by atoms with E-state index in [1.807, 2.05) is 13.8 Å². The summed E-state index contributed by atoms with van der Waals surface area (Å²) in [4.78, 5) is 0.528. The van der Waals surface area contributed by atoms with Crippen LogP contribution in [0.15, 0.2) is 29.2 Å². The van der Waals surface area contributed by atoms with Crippen LogP contribution in [0.4, 0.5) is 14.5 Å². The van der Waals surface area contributed by atoms with Gasteiger partial charge in [-0.05, 0) is 56.8 Å². The first kappa shape index (κ1) is 18.1. The van der Waals surface area contributed by atoms with Crippen LogP contribution >= 0.6 is 24.0 Å². The van der Waals surface area contributed by atoms with Gasteiger partial charge in [0, 0.05) is 23.7 Å². The minimum atomic E-state index is -2.40. The summed E-state index contributed by atoms with van der Waals surface area (Å²) < 4.78 is 29.8. The largest absolute Gasteiger partial charge is 0.379 e. The van der Waals surface area contributed by atoms with E-state index < -0.39 is 5.76 Å². The summed E-state index contributed by atoms with van der Waals surface area (Å²) in [6, 6.07) is 6.72. The number of hydrogen-bond acceptors (Lipinski definition) is 3. The third-order valence-corrected chi connectivity index (χ3v) is 3.36. The number of hydrogen-bond donors (Lipinski definition) is 2. The topological polar surface area (TPSA) is 33.3 Å². The van der Waals surface area contributed by atoms with Gasteiger partial charge in [0.25, 0.3) is 5.76 Å². The lowest BCUT2D eigenvalue weighted by Crippen LogP contribution is -2.29. The molecule has 0 saturated carbocycles. The Labute approximate surface area is 133 Å². The van der Waals surface area contributed by atoms with Gasteiger partial charge in [0.1, 0.15) is 0 Å². The van der Waals surface area contributed by atoms with Gasteiger partial charge in [-0.2, -0.15) is 8.78 Å². The van der Waals surface area contributed by atoms with Crippen LogP contribution in [-0.2, 0) is 4.74 Å². The fraction of sp³-hybridized carbons (Fsp3) is 0.500. The fourth-order valence-corrected chi connectivity index (χ4v) is 2.21. The van der Waals surface area contributed by atoms with Crippen molar-refractivity contribution in [1.29, 1.82) is 0 Å². The zero-order valence-corrected chi connectivity index (χ0v) is 13.7. The molecule has 0 aliphatic carbocycles. The summed E-state index contributed by atoms with van der Waals surface area (Å²) in [6.45, 7) is 5.40. The molecule has 1 aromatic carbocycles. The number of thiocarbonyl (C=S) groups is 1. The Balaban J connectivity index is 2.25. The van der Waals surface area contributed by atoms with Crippen LogP contribution < -0.4 is 10.6 Å². The Hall–Kier alpha value is -0.920. The molecule has 0 atom stereocenters. The van der Waals surface area contributed by atoms with E-state index in [0.717, 1.165) is 18.7 Å². The van der Waals surface area contributed by atoms with E-state index in [1.54, 1.807) is 24.3 Å². The monoisotopic (exact) mass is 334 g/mol. The van der Waals surface area contributed by atoms with Crippen molar-refractivity contribution < 1.29 is 13.5 Å². The number of ether oxygens (including phenoxy) is 1. The van der Waals surface area contributed by atoms with Crippen molar-refractivity contribution in [2.45, 2.75) is 37.0 Å². The fourth-order valence-electron chi connectivity index (χ4n) is 1.49. The number of halogens is 2. The van der Waals surface area contributed by atoms with Crippen molar-refractivity contribution >= 4 is 34.8 Å². The van der Waals surface area contributed by atoms with Crippen molar-refractivity contribution in [1.82, 2.24) is 5.32 Å². The van der Waals surface area contributed by atoms with E-state index in [2.05, 4.69) is 10.6 Å². The lowest BCUT2D eigenvalue weighted by molar-refractivity contribution is 0.0777. The van der Waals surface area contributed by atoms with E-state index >= 15 is 0 Å². The maximum atomic E-state index is 12.2. The van der Waals surface area contributed by atoms with Crippen molar-refractivity contribution in [2.24, 2.45) is 0 Å². The number of alkyl halides is 2. The zero-order valence-electron chi connectivity index (χ0n) is 12.1. The number of benzene rings is 1. The summed E-state index contributed by atoms with van der Waals surface area (Å²) in [5.74, 6) is -2.40. The van der Waals surface area contributed by atoms with Crippen LogP contribution in [0.1, 0.15) is 20.3 Å². The highest BCUT2D eigenvalue weighted by molar-refractivity contribution is 7.99. The standard InChI is InChI=1S/C14H20F2N2OS2/c1-10(2)19-9-3-8-17-14(20)18-11-4-6-12(7-5-11)21-13(15)16/h4-7,10,13H,3,8-9H2,1-2H3,(H2,17,18,20). The van der Waals surface area contributed by atoms with Gasteiger partial charge < -0.3 is 15.4 Å². The molecule has 0 aliphatic rings. The SMILES string of the molecule is CC(C)OCCCNC(=S)Nc1ccc(SC(F)F)cc1. The Bertz CT molecular complexity index is 427. The Morgan fingerprint density at radius 1 is 1.29 bits per heavy atom. The van der Waals surface area contributed by atoms with Gasteiger partial charge in [-0.3, -0.25) is 0 Å². The van der Waals surface area contributed by atoms with Crippen molar-refractivity contribution in [3.63, 3.8) is 0 Å². The first-order chi connectivity index (χ1) is 9.97. The first-order valence-electron chi connectivity index (χ1n) is 6.68. The summed E-state index contributed by atoms with van der Waals surface area (Å²) >= 11 is 5.68. The molecule has 1 rings (SSSR count). The van der Waals surface area contributed by atoms with E-state index in [0.29, 0.717) is 28.4 Å². The second kappa shape index (κ2) is 9.92. The van der Waals surface area contributed by atoms with Gasteiger partial charge in [-0.15, -0.1) is 0 Å². The Morgan fingerprint density at radius 2 is 1.95 bits per heavy atom. The molecule has 3 nitrogen and oxygen atoms in total. The van der Waals surface area contributed by atoms with Crippen LogP contribution in [0.5, 0.6) is 0 Å². The molecule has 0 aromatic heterocycles. The normalized spacial score (nSPS) is 11.0. The molecular formula is C14H20F2N2OS2. The molecule has 2 N–H and O–H groups in total. The molecule has 7 heteroatoms. The second-order valence-electron chi connectivity index (χ2n) is 4.56. The zero-order chi connectivity index (χ0) is 15.7.